The van der Waals surface area contributed by atoms with Crippen molar-refractivity contribution in [3.63, 3.8) is 0 Å². The molecule has 2 N–H and O–H groups in total. The normalized spacial score (nSPS) is 21.3. The van der Waals surface area contributed by atoms with Crippen LogP contribution < -0.4 is 10.6 Å². The van der Waals surface area contributed by atoms with Crippen molar-refractivity contribution in [2.24, 2.45) is 0 Å². The van der Waals surface area contributed by atoms with Crippen molar-refractivity contribution < 1.29 is 14.0 Å². The second-order valence-electron chi connectivity index (χ2n) is 7.65. The van der Waals surface area contributed by atoms with Gasteiger partial charge < -0.3 is 15.5 Å². The Balaban J connectivity index is 1.58. The fourth-order valence-corrected chi connectivity index (χ4v) is 4.15. The third-order valence-electron chi connectivity index (χ3n) is 5.85. The lowest BCUT2D eigenvalue weighted by molar-refractivity contribution is -0.124. The first-order chi connectivity index (χ1) is 13.5. The Bertz CT molecular complexity index is 915. The van der Waals surface area contributed by atoms with Gasteiger partial charge in [-0.1, -0.05) is 24.3 Å². The van der Waals surface area contributed by atoms with Gasteiger partial charge in [0.05, 0.1) is 5.69 Å². The molecule has 1 unspecified atom stereocenters. The van der Waals surface area contributed by atoms with Crippen LogP contribution in [0.25, 0.3) is 0 Å². The van der Waals surface area contributed by atoms with Crippen LogP contribution in [0, 0.1) is 5.82 Å². The largest absolute Gasteiger partial charge is 0.324 e. The van der Waals surface area contributed by atoms with Gasteiger partial charge in [-0.15, -0.1) is 0 Å². The van der Waals surface area contributed by atoms with E-state index < -0.39 is 5.54 Å². The number of amides is 2. The summed E-state index contributed by atoms with van der Waals surface area (Å²) < 4.78 is 14.9. The molecule has 28 heavy (non-hydrogen) atoms. The Kier molecular flexibility index (Phi) is 4.89. The smallest absolute Gasteiger partial charge is 0.254 e. The molecule has 2 aromatic rings. The number of halogens is 1. The van der Waals surface area contributed by atoms with Gasteiger partial charge in [0, 0.05) is 18.7 Å². The van der Waals surface area contributed by atoms with E-state index in [1.54, 1.807) is 42.2 Å². The van der Waals surface area contributed by atoms with Crippen LogP contribution in [0.3, 0.4) is 0 Å². The number of hydrogen-bond acceptors (Lipinski definition) is 3. The van der Waals surface area contributed by atoms with Crippen molar-refractivity contribution in [1.29, 1.82) is 0 Å². The Hall–Kier alpha value is -2.73. The van der Waals surface area contributed by atoms with E-state index in [9.17, 15) is 14.0 Å². The third-order valence-corrected chi connectivity index (χ3v) is 5.85. The van der Waals surface area contributed by atoms with Gasteiger partial charge >= 0.3 is 0 Å². The fraction of sp³-hybridized carbons (Fsp3) is 0.364. The van der Waals surface area contributed by atoms with Gasteiger partial charge in [-0.25, -0.2) is 4.39 Å². The molecule has 2 aliphatic rings. The summed E-state index contributed by atoms with van der Waals surface area (Å²) in [5, 5.41) is 5.97. The lowest BCUT2D eigenvalue weighted by Crippen LogP contribution is -2.53. The van der Waals surface area contributed by atoms with Crippen molar-refractivity contribution in [2.45, 2.75) is 38.3 Å². The minimum absolute atomic E-state index is 0.173. The molecule has 1 fully saturated rings. The number of fused-ring (bicyclic) bond motifs is 1. The molecule has 6 heteroatoms. The predicted octanol–water partition coefficient (Wildman–Crippen LogP) is 3.10. The standard InChI is InChI=1S/C22H24FN3O2/c1-22(11-5-13-26(22)20(27)15-6-3-2-4-7-15)21(28)25-18-9-8-16-14-24-12-10-17(16)19(18)23/h2-4,6-9,24H,5,10-14H2,1H3,(H,25,28). The monoisotopic (exact) mass is 381 g/mol. The first-order valence-electron chi connectivity index (χ1n) is 9.70. The molecule has 0 radical (unpaired) electrons. The Labute approximate surface area is 163 Å². The summed E-state index contributed by atoms with van der Waals surface area (Å²) in [4.78, 5) is 27.7. The summed E-state index contributed by atoms with van der Waals surface area (Å²) in [6.45, 7) is 3.63. The van der Waals surface area contributed by atoms with Crippen molar-refractivity contribution in [1.82, 2.24) is 10.2 Å². The summed E-state index contributed by atoms with van der Waals surface area (Å²) in [7, 11) is 0. The zero-order chi connectivity index (χ0) is 19.7. The highest BCUT2D eigenvalue weighted by molar-refractivity contribution is 6.04. The summed E-state index contributed by atoms with van der Waals surface area (Å²) in [6, 6.07) is 12.4. The van der Waals surface area contributed by atoms with Crippen molar-refractivity contribution >= 4 is 17.5 Å². The number of rotatable bonds is 3. The molecular formula is C22H24FN3O2. The van der Waals surface area contributed by atoms with Crippen LogP contribution >= 0.6 is 0 Å². The Morgan fingerprint density at radius 3 is 2.75 bits per heavy atom. The highest BCUT2D eigenvalue weighted by Gasteiger charge is 2.46. The zero-order valence-corrected chi connectivity index (χ0v) is 15.9. The molecule has 1 saturated heterocycles. The highest BCUT2D eigenvalue weighted by atomic mass is 19.1. The van der Waals surface area contributed by atoms with Crippen molar-refractivity contribution in [3.8, 4) is 0 Å². The number of benzene rings is 2. The quantitative estimate of drug-likeness (QED) is 0.859. The maximum absolute atomic E-state index is 14.9. The first kappa shape index (κ1) is 18.6. The van der Waals surface area contributed by atoms with Gasteiger partial charge in [0.1, 0.15) is 11.4 Å². The van der Waals surface area contributed by atoms with Gasteiger partial charge in [0.25, 0.3) is 5.91 Å². The Morgan fingerprint density at radius 1 is 1.18 bits per heavy atom. The molecule has 146 valence electrons. The van der Waals surface area contributed by atoms with Gasteiger partial charge in [0.15, 0.2) is 0 Å². The molecule has 1 atom stereocenters. The lowest BCUT2D eigenvalue weighted by atomic mass is 9.95. The van der Waals surface area contributed by atoms with E-state index in [2.05, 4.69) is 10.6 Å². The maximum Gasteiger partial charge on any atom is 0.254 e. The molecule has 0 aromatic heterocycles. The number of hydrogen-bond donors (Lipinski definition) is 2. The minimum Gasteiger partial charge on any atom is -0.324 e. The van der Waals surface area contributed by atoms with Crippen LogP contribution in [0.2, 0.25) is 0 Å². The summed E-state index contributed by atoms with van der Waals surface area (Å²) in [6.07, 6.45) is 1.88. The highest BCUT2D eigenvalue weighted by Crippen LogP contribution is 2.33. The summed E-state index contributed by atoms with van der Waals surface area (Å²) >= 11 is 0. The van der Waals surface area contributed by atoms with E-state index >= 15 is 0 Å². The van der Waals surface area contributed by atoms with Crippen LogP contribution in [-0.2, 0) is 17.8 Å². The van der Waals surface area contributed by atoms with E-state index in [4.69, 9.17) is 0 Å². The molecule has 2 aromatic carbocycles. The molecule has 2 aliphatic heterocycles. The van der Waals surface area contributed by atoms with Crippen LogP contribution in [0.5, 0.6) is 0 Å². The van der Waals surface area contributed by atoms with E-state index in [0.29, 0.717) is 37.1 Å². The van der Waals surface area contributed by atoms with Gasteiger partial charge in [-0.2, -0.15) is 0 Å². The van der Waals surface area contributed by atoms with Crippen LogP contribution in [0.1, 0.15) is 41.3 Å². The second kappa shape index (κ2) is 7.36. The molecule has 0 bridgehead atoms. The van der Waals surface area contributed by atoms with Crippen LogP contribution in [-0.4, -0.2) is 35.3 Å². The van der Waals surface area contributed by atoms with Gasteiger partial charge in [-0.3, -0.25) is 9.59 Å². The van der Waals surface area contributed by atoms with E-state index in [1.165, 1.54) is 0 Å². The topological polar surface area (TPSA) is 61.4 Å². The van der Waals surface area contributed by atoms with Crippen LogP contribution in [0.4, 0.5) is 10.1 Å². The summed E-state index contributed by atoms with van der Waals surface area (Å²) in [5.74, 6) is -0.885. The van der Waals surface area contributed by atoms with E-state index in [-0.39, 0.29) is 23.3 Å². The molecule has 4 rings (SSSR count). The molecule has 2 heterocycles. The fourth-order valence-electron chi connectivity index (χ4n) is 4.15. The Morgan fingerprint density at radius 2 is 1.96 bits per heavy atom. The number of likely N-dealkylation sites (tertiary alicyclic amines) is 1. The van der Waals surface area contributed by atoms with E-state index in [1.807, 2.05) is 12.1 Å². The zero-order valence-electron chi connectivity index (χ0n) is 15.9. The number of carbonyl (C=O) groups is 2. The molecule has 0 spiro atoms. The van der Waals surface area contributed by atoms with Crippen molar-refractivity contribution in [2.75, 3.05) is 18.4 Å². The SMILES string of the molecule is CC1(C(=O)Nc2ccc3c(c2F)CCNC3)CCCN1C(=O)c1ccccc1. The number of anilines is 1. The van der Waals surface area contributed by atoms with Crippen LogP contribution in [0.15, 0.2) is 42.5 Å². The second-order valence-corrected chi connectivity index (χ2v) is 7.65. The molecule has 2 amide bonds. The average Bonchev–Trinajstić information content (AvgIpc) is 3.13. The van der Waals surface area contributed by atoms with Crippen molar-refractivity contribution in [3.05, 3.63) is 65.0 Å². The predicted molar refractivity (Wildman–Crippen MR) is 106 cm³/mol. The molecular weight excluding hydrogens is 357 g/mol. The number of nitrogens with zero attached hydrogens (tertiary/aromatic N) is 1. The third kappa shape index (κ3) is 3.18. The van der Waals surface area contributed by atoms with Gasteiger partial charge in [-0.05, 0) is 62.1 Å². The molecule has 0 saturated carbocycles. The lowest BCUT2D eigenvalue weighted by Gasteiger charge is -2.34. The number of nitrogens with one attached hydrogen (secondary N) is 2. The van der Waals surface area contributed by atoms with Gasteiger partial charge in [0.2, 0.25) is 5.91 Å². The first-order valence-corrected chi connectivity index (χ1v) is 9.70. The molecule has 0 aliphatic carbocycles. The number of carbonyl (C=O) groups excluding carboxylic acids is 2. The maximum atomic E-state index is 14.9. The average molecular weight is 381 g/mol. The summed E-state index contributed by atoms with van der Waals surface area (Å²) in [5.41, 5.74) is 1.32. The van der Waals surface area contributed by atoms with E-state index in [0.717, 1.165) is 18.5 Å². The molecule has 5 nitrogen and oxygen atoms in total. The minimum atomic E-state index is -1.00.